The molecule has 0 aliphatic heterocycles. The van der Waals surface area contributed by atoms with E-state index in [-0.39, 0.29) is 5.92 Å². The van der Waals surface area contributed by atoms with E-state index in [0.717, 1.165) is 30.1 Å². The largest absolute Gasteiger partial charge is 0.299 e. The van der Waals surface area contributed by atoms with E-state index in [2.05, 4.69) is 27.7 Å². The first-order valence-corrected chi connectivity index (χ1v) is 7.40. The fourth-order valence-electron chi connectivity index (χ4n) is 4.50. The maximum atomic E-state index is 11.7. The van der Waals surface area contributed by atoms with Gasteiger partial charge in [0.1, 0.15) is 5.78 Å². The summed E-state index contributed by atoms with van der Waals surface area (Å²) in [7, 11) is 0. The van der Waals surface area contributed by atoms with Gasteiger partial charge in [0.15, 0.2) is 0 Å². The van der Waals surface area contributed by atoms with Gasteiger partial charge >= 0.3 is 0 Å². The number of carbonyl (C=O) groups is 1. The van der Waals surface area contributed by atoms with Gasteiger partial charge in [-0.25, -0.2) is 0 Å². The fourth-order valence-corrected chi connectivity index (χ4v) is 4.50. The van der Waals surface area contributed by atoms with E-state index >= 15 is 0 Å². The monoisotopic (exact) mass is 236 g/mol. The molecule has 3 fully saturated rings. The molecule has 0 aromatic heterocycles. The Morgan fingerprint density at radius 3 is 2.47 bits per heavy atom. The summed E-state index contributed by atoms with van der Waals surface area (Å²) in [6.45, 7) is 11.4. The second-order valence-electron chi connectivity index (χ2n) is 7.17. The Hall–Kier alpha value is -0.330. The minimum atomic E-state index is 0.285. The van der Waals surface area contributed by atoms with Crippen molar-refractivity contribution in [2.75, 3.05) is 0 Å². The molecule has 0 heterocycles. The molecule has 3 rings (SSSR count). The number of ketones is 1. The van der Waals surface area contributed by atoms with E-state index in [4.69, 9.17) is 0 Å². The van der Waals surface area contributed by atoms with Crippen LogP contribution in [0.15, 0.2) is 0 Å². The van der Waals surface area contributed by atoms with Crippen LogP contribution >= 0.6 is 0 Å². The van der Waals surface area contributed by atoms with Crippen LogP contribution in [0.2, 0.25) is 0 Å². The molecule has 3 aliphatic rings. The summed E-state index contributed by atoms with van der Waals surface area (Å²) < 4.78 is 0. The highest BCUT2D eigenvalue weighted by Crippen LogP contribution is 2.63. The Labute approximate surface area is 106 Å². The lowest BCUT2D eigenvalue weighted by atomic mass is 9.43. The van der Waals surface area contributed by atoms with Crippen LogP contribution in [0.1, 0.15) is 60.3 Å². The first kappa shape index (κ1) is 13.1. The molecule has 0 radical (unpaired) electrons. The van der Waals surface area contributed by atoms with Gasteiger partial charge in [-0.3, -0.25) is 4.79 Å². The number of Topliss-reactive ketones (excluding diaryl/α,β-unsaturated/α-hetero) is 1. The van der Waals surface area contributed by atoms with Crippen LogP contribution in [0, 0.1) is 35.0 Å². The average molecular weight is 236 g/mol. The Bertz CT molecular complexity index is 305. The smallest absolute Gasteiger partial charge is 0.135 e. The lowest BCUT2D eigenvalue weighted by Crippen LogP contribution is -2.55. The first-order chi connectivity index (χ1) is 7.87. The molecular formula is C16H28O. The van der Waals surface area contributed by atoms with Crippen LogP contribution in [-0.4, -0.2) is 5.78 Å². The van der Waals surface area contributed by atoms with Crippen LogP contribution in [0.3, 0.4) is 0 Å². The van der Waals surface area contributed by atoms with E-state index < -0.39 is 0 Å². The van der Waals surface area contributed by atoms with Crippen molar-refractivity contribution in [1.82, 2.24) is 0 Å². The maximum absolute atomic E-state index is 11.7. The van der Waals surface area contributed by atoms with Crippen molar-refractivity contribution < 1.29 is 4.79 Å². The summed E-state index contributed by atoms with van der Waals surface area (Å²) in [4.78, 5) is 11.7. The van der Waals surface area contributed by atoms with Crippen molar-refractivity contribution in [1.29, 1.82) is 0 Å². The lowest BCUT2D eigenvalue weighted by Gasteiger charge is -2.62. The Kier molecular flexibility index (Phi) is 3.40. The number of rotatable bonds is 4. The van der Waals surface area contributed by atoms with Gasteiger partial charge in [-0.15, -0.1) is 0 Å². The third-order valence-electron chi connectivity index (χ3n) is 6.07. The molecule has 98 valence electrons. The molecule has 0 amide bonds. The van der Waals surface area contributed by atoms with E-state index in [9.17, 15) is 4.79 Å². The molecule has 17 heavy (non-hydrogen) atoms. The minimum Gasteiger partial charge on any atom is -0.299 e. The molecule has 0 N–H and O–H groups in total. The molecule has 0 aromatic rings. The molecule has 5 unspecified atom stereocenters. The van der Waals surface area contributed by atoms with Crippen molar-refractivity contribution in [3.8, 4) is 0 Å². The number of fused-ring (bicyclic) bond motifs is 2. The Balaban J connectivity index is 1.95. The second-order valence-corrected chi connectivity index (χ2v) is 7.17. The molecule has 5 atom stereocenters. The fraction of sp³-hybridized carbons (Fsp3) is 0.938. The predicted octanol–water partition coefficient (Wildman–Crippen LogP) is 4.31. The summed E-state index contributed by atoms with van der Waals surface area (Å²) >= 11 is 0. The van der Waals surface area contributed by atoms with E-state index in [0.29, 0.717) is 17.6 Å². The van der Waals surface area contributed by atoms with Crippen molar-refractivity contribution in [2.45, 2.75) is 60.3 Å². The van der Waals surface area contributed by atoms with Gasteiger partial charge in [-0.2, -0.15) is 0 Å². The SMILES string of the molecule is CCC(=O)C(C)CC1CC2CC(C1C)C2(C)C. The molecular weight excluding hydrogens is 208 g/mol. The summed E-state index contributed by atoms with van der Waals surface area (Å²) in [5, 5.41) is 0. The van der Waals surface area contributed by atoms with Gasteiger partial charge in [0.2, 0.25) is 0 Å². The molecule has 0 aromatic carbocycles. The first-order valence-electron chi connectivity index (χ1n) is 7.40. The highest BCUT2D eigenvalue weighted by Gasteiger charge is 2.56. The standard InChI is InChI=1S/C16H28O/c1-6-15(17)10(2)7-12-8-13-9-14(11(12)3)16(13,4)5/h10-14H,6-9H2,1-5H3. The molecule has 0 spiro atoms. The summed E-state index contributed by atoms with van der Waals surface area (Å²) in [6, 6.07) is 0. The maximum Gasteiger partial charge on any atom is 0.135 e. The van der Waals surface area contributed by atoms with E-state index in [1.807, 2.05) is 6.92 Å². The molecule has 0 saturated heterocycles. The van der Waals surface area contributed by atoms with Crippen molar-refractivity contribution in [3.63, 3.8) is 0 Å². The van der Waals surface area contributed by atoms with Gasteiger partial charge in [-0.05, 0) is 48.3 Å². The summed E-state index contributed by atoms with van der Waals surface area (Å²) in [6.07, 6.45) is 4.66. The zero-order valence-corrected chi connectivity index (χ0v) is 12.1. The summed E-state index contributed by atoms with van der Waals surface area (Å²) in [5.74, 6) is 4.20. The second kappa shape index (κ2) is 4.40. The Morgan fingerprint density at radius 2 is 2.00 bits per heavy atom. The van der Waals surface area contributed by atoms with Gasteiger partial charge in [0, 0.05) is 12.3 Å². The molecule has 1 heteroatoms. The van der Waals surface area contributed by atoms with Gasteiger partial charge in [0.25, 0.3) is 0 Å². The van der Waals surface area contributed by atoms with Crippen molar-refractivity contribution >= 4 is 5.78 Å². The zero-order valence-electron chi connectivity index (χ0n) is 12.1. The van der Waals surface area contributed by atoms with Gasteiger partial charge in [-0.1, -0.05) is 34.6 Å². The van der Waals surface area contributed by atoms with Crippen LogP contribution in [0.4, 0.5) is 0 Å². The predicted molar refractivity (Wildman–Crippen MR) is 71.7 cm³/mol. The van der Waals surface area contributed by atoms with Crippen LogP contribution in [0.5, 0.6) is 0 Å². The van der Waals surface area contributed by atoms with Gasteiger partial charge in [0.05, 0.1) is 0 Å². The van der Waals surface area contributed by atoms with Crippen LogP contribution < -0.4 is 0 Å². The number of hydrogen-bond acceptors (Lipinski definition) is 1. The lowest BCUT2D eigenvalue weighted by molar-refractivity contribution is -0.137. The number of carbonyl (C=O) groups excluding carboxylic acids is 1. The normalized spacial score (nSPS) is 40.5. The van der Waals surface area contributed by atoms with E-state index in [1.165, 1.54) is 12.8 Å². The highest BCUT2D eigenvalue weighted by atomic mass is 16.1. The third kappa shape index (κ3) is 2.06. The average Bonchev–Trinajstić information content (AvgIpc) is 2.29. The Morgan fingerprint density at radius 1 is 1.35 bits per heavy atom. The third-order valence-corrected chi connectivity index (χ3v) is 6.07. The van der Waals surface area contributed by atoms with Crippen molar-refractivity contribution in [2.24, 2.45) is 35.0 Å². The van der Waals surface area contributed by atoms with Gasteiger partial charge < -0.3 is 0 Å². The minimum absolute atomic E-state index is 0.285. The van der Waals surface area contributed by atoms with Crippen LogP contribution in [-0.2, 0) is 4.79 Å². The van der Waals surface area contributed by atoms with Crippen LogP contribution in [0.25, 0.3) is 0 Å². The summed E-state index contributed by atoms with van der Waals surface area (Å²) in [5.41, 5.74) is 0.577. The number of hydrogen-bond donors (Lipinski definition) is 0. The topological polar surface area (TPSA) is 17.1 Å². The quantitative estimate of drug-likeness (QED) is 0.711. The molecule has 3 saturated carbocycles. The molecule has 3 aliphatic carbocycles. The van der Waals surface area contributed by atoms with E-state index in [1.54, 1.807) is 0 Å². The highest BCUT2D eigenvalue weighted by molar-refractivity contribution is 5.80. The zero-order chi connectivity index (χ0) is 12.8. The molecule has 1 nitrogen and oxygen atoms in total. The molecule has 2 bridgehead atoms. The van der Waals surface area contributed by atoms with Crippen molar-refractivity contribution in [3.05, 3.63) is 0 Å².